The van der Waals surface area contributed by atoms with Crippen molar-refractivity contribution in [1.82, 2.24) is 10.2 Å². The lowest BCUT2D eigenvalue weighted by atomic mass is 9.80. The Morgan fingerprint density at radius 3 is 2.41 bits per heavy atom. The lowest BCUT2D eigenvalue weighted by molar-refractivity contribution is -0.00302. The number of piperazine rings is 1. The predicted octanol–water partition coefficient (Wildman–Crippen LogP) is 3.03. The SMILES string of the molecule is CC(C)C1CN(C2(C)CCCCC2)C(C)CN1. The van der Waals surface area contributed by atoms with Crippen LogP contribution >= 0.6 is 0 Å². The maximum Gasteiger partial charge on any atom is 0.0218 e. The van der Waals surface area contributed by atoms with E-state index in [1.807, 2.05) is 0 Å². The van der Waals surface area contributed by atoms with Gasteiger partial charge in [-0.05, 0) is 32.6 Å². The molecule has 0 bridgehead atoms. The van der Waals surface area contributed by atoms with Gasteiger partial charge in [-0.15, -0.1) is 0 Å². The highest BCUT2D eigenvalue weighted by atomic mass is 15.3. The number of nitrogens with one attached hydrogen (secondary N) is 1. The maximum absolute atomic E-state index is 3.71. The summed E-state index contributed by atoms with van der Waals surface area (Å²) in [5.41, 5.74) is 0.479. The molecule has 2 atom stereocenters. The van der Waals surface area contributed by atoms with Gasteiger partial charge in [0.2, 0.25) is 0 Å². The van der Waals surface area contributed by atoms with E-state index in [0.717, 1.165) is 5.92 Å². The number of nitrogens with zero attached hydrogens (tertiary/aromatic N) is 1. The molecule has 1 saturated heterocycles. The van der Waals surface area contributed by atoms with E-state index in [-0.39, 0.29) is 0 Å². The maximum atomic E-state index is 3.71. The van der Waals surface area contributed by atoms with Gasteiger partial charge in [-0.3, -0.25) is 4.90 Å². The molecule has 2 rings (SSSR count). The van der Waals surface area contributed by atoms with Crippen LogP contribution in [-0.4, -0.2) is 35.6 Å². The summed E-state index contributed by atoms with van der Waals surface area (Å²) < 4.78 is 0. The summed E-state index contributed by atoms with van der Waals surface area (Å²) in [5, 5.41) is 3.71. The van der Waals surface area contributed by atoms with Gasteiger partial charge >= 0.3 is 0 Å². The normalized spacial score (nSPS) is 35.1. The van der Waals surface area contributed by atoms with Crippen molar-refractivity contribution in [2.24, 2.45) is 5.92 Å². The summed E-state index contributed by atoms with van der Waals surface area (Å²) in [5.74, 6) is 0.747. The molecule has 0 spiro atoms. The van der Waals surface area contributed by atoms with Gasteiger partial charge in [-0.2, -0.15) is 0 Å². The molecule has 0 aromatic rings. The van der Waals surface area contributed by atoms with Crippen LogP contribution in [-0.2, 0) is 0 Å². The van der Waals surface area contributed by atoms with E-state index in [0.29, 0.717) is 17.6 Å². The van der Waals surface area contributed by atoms with Gasteiger partial charge in [-0.1, -0.05) is 33.1 Å². The molecule has 2 aliphatic rings. The first-order valence-corrected chi connectivity index (χ1v) is 7.53. The fourth-order valence-corrected chi connectivity index (χ4v) is 3.69. The Bertz CT molecular complexity index is 243. The van der Waals surface area contributed by atoms with Crippen molar-refractivity contribution >= 4 is 0 Å². The molecule has 17 heavy (non-hydrogen) atoms. The second-order valence-electron chi connectivity index (χ2n) is 6.82. The summed E-state index contributed by atoms with van der Waals surface area (Å²) in [6.45, 7) is 12.0. The Labute approximate surface area is 107 Å². The van der Waals surface area contributed by atoms with Crippen LogP contribution in [0.1, 0.15) is 59.8 Å². The first-order chi connectivity index (χ1) is 8.03. The molecule has 2 heteroatoms. The van der Waals surface area contributed by atoms with Gasteiger partial charge in [0.05, 0.1) is 0 Å². The summed E-state index contributed by atoms with van der Waals surface area (Å²) in [4.78, 5) is 2.81. The Balaban J connectivity index is 2.06. The topological polar surface area (TPSA) is 15.3 Å². The third-order valence-electron chi connectivity index (χ3n) is 5.03. The third kappa shape index (κ3) is 2.85. The molecule has 2 fully saturated rings. The molecule has 0 aromatic heterocycles. The minimum atomic E-state index is 0.479. The molecule has 0 radical (unpaired) electrons. The quantitative estimate of drug-likeness (QED) is 0.795. The fraction of sp³-hybridized carbons (Fsp3) is 1.00. The molecule has 1 heterocycles. The van der Waals surface area contributed by atoms with Crippen LogP contribution in [0.25, 0.3) is 0 Å². The molecule has 2 unspecified atom stereocenters. The van der Waals surface area contributed by atoms with E-state index in [4.69, 9.17) is 0 Å². The Morgan fingerprint density at radius 1 is 1.18 bits per heavy atom. The molecule has 1 N–H and O–H groups in total. The zero-order valence-corrected chi connectivity index (χ0v) is 12.1. The minimum absolute atomic E-state index is 0.479. The van der Waals surface area contributed by atoms with Gasteiger partial charge in [0.1, 0.15) is 0 Å². The van der Waals surface area contributed by atoms with E-state index in [2.05, 4.69) is 37.9 Å². The minimum Gasteiger partial charge on any atom is -0.311 e. The summed E-state index contributed by atoms with van der Waals surface area (Å²) in [6, 6.07) is 1.39. The van der Waals surface area contributed by atoms with Crippen molar-refractivity contribution in [2.45, 2.75) is 77.4 Å². The zero-order valence-electron chi connectivity index (χ0n) is 12.1. The molecule has 0 amide bonds. The first-order valence-electron chi connectivity index (χ1n) is 7.53. The van der Waals surface area contributed by atoms with Crippen molar-refractivity contribution < 1.29 is 0 Å². The van der Waals surface area contributed by atoms with E-state index < -0.39 is 0 Å². The lowest BCUT2D eigenvalue weighted by Gasteiger charge is -2.52. The van der Waals surface area contributed by atoms with Gasteiger partial charge in [-0.25, -0.2) is 0 Å². The summed E-state index contributed by atoms with van der Waals surface area (Å²) in [7, 11) is 0. The highest BCUT2D eigenvalue weighted by molar-refractivity contribution is 4.97. The lowest BCUT2D eigenvalue weighted by Crippen LogP contribution is -2.64. The zero-order chi connectivity index (χ0) is 12.5. The van der Waals surface area contributed by atoms with Crippen LogP contribution in [0.5, 0.6) is 0 Å². The molecule has 0 aromatic carbocycles. The average molecular weight is 238 g/mol. The predicted molar refractivity (Wildman–Crippen MR) is 74.3 cm³/mol. The van der Waals surface area contributed by atoms with Crippen molar-refractivity contribution in [3.63, 3.8) is 0 Å². The fourth-order valence-electron chi connectivity index (χ4n) is 3.69. The average Bonchev–Trinajstić information content (AvgIpc) is 2.30. The van der Waals surface area contributed by atoms with Crippen molar-refractivity contribution in [3.8, 4) is 0 Å². The number of hydrogen-bond donors (Lipinski definition) is 1. The van der Waals surface area contributed by atoms with Crippen molar-refractivity contribution in [3.05, 3.63) is 0 Å². The number of rotatable bonds is 2. The molecule has 1 aliphatic heterocycles. The smallest absolute Gasteiger partial charge is 0.0218 e. The third-order valence-corrected chi connectivity index (χ3v) is 5.03. The van der Waals surface area contributed by atoms with E-state index in [9.17, 15) is 0 Å². The standard InChI is InChI=1S/C15H30N2/c1-12(2)14-11-17(13(3)10-16-14)15(4)8-6-5-7-9-15/h12-14,16H,5-11H2,1-4H3. The first kappa shape index (κ1) is 13.4. The van der Waals surface area contributed by atoms with Gasteiger partial charge in [0.15, 0.2) is 0 Å². The number of hydrogen-bond acceptors (Lipinski definition) is 2. The molecule has 1 aliphatic carbocycles. The van der Waals surface area contributed by atoms with Crippen molar-refractivity contribution in [1.29, 1.82) is 0 Å². The molecule has 100 valence electrons. The Morgan fingerprint density at radius 2 is 1.82 bits per heavy atom. The second-order valence-corrected chi connectivity index (χ2v) is 6.82. The van der Waals surface area contributed by atoms with Gasteiger partial charge < -0.3 is 5.32 Å². The van der Waals surface area contributed by atoms with Crippen LogP contribution in [0.4, 0.5) is 0 Å². The van der Waals surface area contributed by atoms with Crippen LogP contribution in [0.2, 0.25) is 0 Å². The van der Waals surface area contributed by atoms with Crippen LogP contribution < -0.4 is 5.32 Å². The van der Waals surface area contributed by atoms with Gasteiger partial charge in [0, 0.05) is 30.7 Å². The van der Waals surface area contributed by atoms with Crippen LogP contribution in [0.15, 0.2) is 0 Å². The molecular weight excluding hydrogens is 208 g/mol. The highest BCUT2D eigenvalue weighted by Crippen LogP contribution is 2.35. The monoisotopic (exact) mass is 238 g/mol. The summed E-state index contributed by atoms with van der Waals surface area (Å²) in [6.07, 6.45) is 7.12. The highest BCUT2D eigenvalue weighted by Gasteiger charge is 2.39. The van der Waals surface area contributed by atoms with E-state index >= 15 is 0 Å². The van der Waals surface area contributed by atoms with Crippen molar-refractivity contribution in [2.75, 3.05) is 13.1 Å². The summed E-state index contributed by atoms with van der Waals surface area (Å²) >= 11 is 0. The van der Waals surface area contributed by atoms with Crippen LogP contribution in [0, 0.1) is 5.92 Å². The van der Waals surface area contributed by atoms with Crippen LogP contribution in [0.3, 0.4) is 0 Å². The second kappa shape index (κ2) is 5.27. The van der Waals surface area contributed by atoms with E-state index in [1.165, 1.54) is 45.2 Å². The Kier molecular flexibility index (Phi) is 4.14. The Hall–Kier alpha value is -0.0800. The molecule has 2 nitrogen and oxygen atoms in total. The molecule has 1 saturated carbocycles. The molecular formula is C15H30N2. The van der Waals surface area contributed by atoms with E-state index in [1.54, 1.807) is 0 Å². The van der Waals surface area contributed by atoms with Gasteiger partial charge in [0.25, 0.3) is 0 Å². The largest absolute Gasteiger partial charge is 0.311 e.